The summed E-state index contributed by atoms with van der Waals surface area (Å²) in [5, 5.41) is 10.2. The minimum Gasteiger partial charge on any atom is -0.387 e. The summed E-state index contributed by atoms with van der Waals surface area (Å²) in [5.41, 5.74) is 2.44. The Bertz CT molecular complexity index is 584. The second-order valence-electron chi connectivity index (χ2n) is 4.91. The molecule has 0 amide bonds. The largest absolute Gasteiger partial charge is 0.387 e. The maximum absolute atomic E-state index is 13.2. The van der Waals surface area contributed by atoms with Crippen LogP contribution in [-0.4, -0.2) is 18.7 Å². The molecule has 0 bridgehead atoms. The number of rotatable bonds is 4. The van der Waals surface area contributed by atoms with Crippen LogP contribution in [-0.2, 0) is 0 Å². The zero-order valence-corrected chi connectivity index (χ0v) is 11.5. The quantitative estimate of drug-likeness (QED) is 0.925. The second-order valence-corrected chi connectivity index (χ2v) is 4.91. The SMILES string of the molecule is Cc1ccc([C@H](O)CN(C)c2ccc(F)c(F)c2)cc1. The highest BCUT2D eigenvalue weighted by Crippen LogP contribution is 2.20. The van der Waals surface area contributed by atoms with Gasteiger partial charge in [-0.25, -0.2) is 8.78 Å². The lowest BCUT2D eigenvalue weighted by Gasteiger charge is -2.23. The van der Waals surface area contributed by atoms with E-state index < -0.39 is 17.7 Å². The molecule has 1 N–H and O–H groups in total. The molecule has 4 heteroatoms. The van der Waals surface area contributed by atoms with E-state index in [-0.39, 0.29) is 0 Å². The van der Waals surface area contributed by atoms with E-state index in [0.29, 0.717) is 12.2 Å². The smallest absolute Gasteiger partial charge is 0.160 e. The van der Waals surface area contributed by atoms with Crippen LogP contribution in [0.1, 0.15) is 17.2 Å². The zero-order chi connectivity index (χ0) is 14.7. The third kappa shape index (κ3) is 3.33. The van der Waals surface area contributed by atoms with Crippen LogP contribution in [0.4, 0.5) is 14.5 Å². The molecule has 0 aromatic heterocycles. The number of aliphatic hydroxyl groups excluding tert-OH is 1. The zero-order valence-electron chi connectivity index (χ0n) is 11.5. The summed E-state index contributed by atoms with van der Waals surface area (Å²) in [7, 11) is 1.73. The van der Waals surface area contributed by atoms with Crippen LogP contribution in [0, 0.1) is 18.6 Å². The topological polar surface area (TPSA) is 23.5 Å². The van der Waals surface area contributed by atoms with Crippen molar-refractivity contribution in [3.8, 4) is 0 Å². The van der Waals surface area contributed by atoms with Crippen LogP contribution in [0.25, 0.3) is 0 Å². The first-order chi connectivity index (χ1) is 9.47. The first-order valence-corrected chi connectivity index (χ1v) is 6.38. The predicted molar refractivity (Wildman–Crippen MR) is 75.8 cm³/mol. The average Bonchev–Trinajstić information content (AvgIpc) is 2.42. The highest BCUT2D eigenvalue weighted by atomic mass is 19.2. The molecule has 0 fully saturated rings. The third-order valence-corrected chi connectivity index (χ3v) is 3.25. The molecule has 2 aromatic rings. The number of hydrogen-bond donors (Lipinski definition) is 1. The van der Waals surface area contributed by atoms with Crippen LogP contribution in [0.5, 0.6) is 0 Å². The fourth-order valence-corrected chi connectivity index (χ4v) is 1.98. The number of benzene rings is 2. The van der Waals surface area contributed by atoms with E-state index in [1.54, 1.807) is 11.9 Å². The van der Waals surface area contributed by atoms with Crippen LogP contribution in [0.3, 0.4) is 0 Å². The third-order valence-electron chi connectivity index (χ3n) is 3.25. The fraction of sp³-hybridized carbons (Fsp3) is 0.250. The number of anilines is 1. The molecule has 0 aliphatic carbocycles. The van der Waals surface area contributed by atoms with Gasteiger partial charge in [0.25, 0.3) is 0 Å². The molecule has 0 radical (unpaired) electrons. The van der Waals surface area contributed by atoms with Gasteiger partial charge < -0.3 is 10.0 Å². The van der Waals surface area contributed by atoms with Gasteiger partial charge in [-0.05, 0) is 24.6 Å². The highest BCUT2D eigenvalue weighted by Gasteiger charge is 2.12. The van der Waals surface area contributed by atoms with Crippen molar-refractivity contribution in [3.05, 3.63) is 65.2 Å². The molecule has 2 rings (SSSR count). The van der Waals surface area contributed by atoms with E-state index in [0.717, 1.165) is 23.3 Å². The summed E-state index contributed by atoms with van der Waals surface area (Å²) in [5.74, 6) is -1.76. The molecule has 0 unspecified atom stereocenters. The Labute approximate surface area is 117 Å². The van der Waals surface area contributed by atoms with Gasteiger partial charge in [-0.15, -0.1) is 0 Å². The van der Waals surface area contributed by atoms with E-state index in [4.69, 9.17) is 0 Å². The van der Waals surface area contributed by atoms with Gasteiger partial charge in [0.1, 0.15) is 0 Å². The Morgan fingerprint density at radius 1 is 1.05 bits per heavy atom. The van der Waals surface area contributed by atoms with E-state index in [1.165, 1.54) is 6.07 Å². The minimum absolute atomic E-state index is 0.300. The van der Waals surface area contributed by atoms with Crippen LogP contribution in [0.15, 0.2) is 42.5 Å². The Hall–Kier alpha value is -1.94. The number of likely N-dealkylation sites (N-methyl/N-ethyl adjacent to an activating group) is 1. The maximum atomic E-state index is 13.2. The van der Waals surface area contributed by atoms with Gasteiger partial charge in [0.15, 0.2) is 11.6 Å². The molecule has 0 saturated carbocycles. The molecule has 0 saturated heterocycles. The lowest BCUT2D eigenvalue weighted by Crippen LogP contribution is -2.24. The molecule has 0 aliphatic rings. The number of halogens is 2. The molecular formula is C16H17F2NO. The average molecular weight is 277 g/mol. The van der Waals surface area contributed by atoms with E-state index >= 15 is 0 Å². The Balaban J connectivity index is 2.08. The lowest BCUT2D eigenvalue weighted by atomic mass is 10.1. The number of aryl methyl sites for hydroxylation is 1. The van der Waals surface area contributed by atoms with Gasteiger partial charge in [-0.2, -0.15) is 0 Å². The summed E-state index contributed by atoms with van der Waals surface area (Å²) in [6.45, 7) is 2.28. The summed E-state index contributed by atoms with van der Waals surface area (Å²) in [6, 6.07) is 11.3. The van der Waals surface area contributed by atoms with E-state index in [9.17, 15) is 13.9 Å². The number of nitrogens with zero attached hydrogens (tertiary/aromatic N) is 1. The monoisotopic (exact) mass is 277 g/mol. The van der Waals surface area contributed by atoms with Gasteiger partial charge in [0, 0.05) is 25.3 Å². The van der Waals surface area contributed by atoms with Crippen LogP contribution >= 0.6 is 0 Å². The molecule has 0 spiro atoms. The molecule has 2 aromatic carbocycles. The van der Waals surface area contributed by atoms with Crippen molar-refractivity contribution in [3.63, 3.8) is 0 Å². The van der Waals surface area contributed by atoms with Gasteiger partial charge in [0.2, 0.25) is 0 Å². The van der Waals surface area contributed by atoms with Crippen molar-refractivity contribution in [2.24, 2.45) is 0 Å². The van der Waals surface area contributed by atoms with Crippen molar-refractivity contribution >= 4 is 5.69 Å². The molecule has 20 heavy (non-hydrogen) atoms. The van der Waals surface area contributed by atoms with Crippen molar-refractivity contribution in [1.29, 1.82) is 0 Å². The van der Waals surface area contributed by atoms with Gasteiger partial charge >= 0.3 is 0 Å². The molecule has 0 heterocycles. The van der Waals surface area contributed by atoms with Gasteiger partial charge in [0.05, 0.1) is 6.10 Å². The lowest BCUT2D eigenvalue weighted by molar-refractivity contribution is 0.185. The minimum atomic E-state index is -0.890. The molecule has 1 atom stereocenters. The van der Waals surface area contributed by atoms with Crippen molar-refractivity contribution in [2.75, 3.05) is 18.5 Å². The van der Waals surface area contributed by atoms with E-state index in [1.807, 2.05) is 31.2 Å². The number of hydrogen-bond acceptors (Lipinski definition) is 2. The van der Waals surface area contributed by atoms with Gasteiger partial charge in [-0.1, -0.05) is 29.8 Å². The maximum Gasteiger partial charge on any atom is 0.160 e. The first-order valence-electron chi connectivity index (χ1n) is 6.38. The Morgan fingerprint density at radius 2 is 1.70 bits per heavy atom. The molecule has 0 aliphatic heterocycles. The molecule has 2 nitrogen and oxygen atoms in total. The van der Waals surface area contributed by atoms with Gasteiger partial charge in [-0.3, -0.25) is 0 Å². The van der Waals surface area contributed by atoms with Crippen molar-refractivity contribution in [1.82, 2.24) is 0 Å². The normalized spacial score (nSPS) is 12.2. The van der Waals surface area contributed by atoms with E-state index in [2.05, 4.69) is 0 Å². The first kappa shape index (κ1) is 14.5. The van der Waals surface area contributed by atoms with Crippen molar-refractivity contribution < 1.29 is 13.9 Å². The summed E-state index contributed by atoms with van der Waals surface area (Å²) in [6.07, 6.45) is -0.686. The summed E-state index contributed by atoms with van der Waals surface area (Å²) < 4.78 is 26.1. The Morgan fingerprint density at radius 3 is 2.30 bits per heavy atom. The second kappa shape index (κ2) is 6.01. The van der Waals surface area contributed by atoms with Crippen molar-refractivity contribution in [2.45, 2.75) is 13.0 Å². The standard InChI is InChI=1S/C16H17F2NO/c1-11-3-5-12(6-4-11)16(20)10-19(2)13-7-8-14(17)15(18)9-13/h3-9,16,20H,10H2,1-2H3/t16-/m1/s1. The van der Waals surface area contributed by atoms with Crippen LogP contribution in [0.2, 0.25) is 0 Å². The molecule has 106 valence electrons. The highest BCUT2D eigenvalue weighted by molar-refractivity contribution is 5.46. The molecular weight excluding hydrogens is 260 g/mol. The summed E-state index contributed by atoms with van der Waals surface area (Å²) in [4.78, 5) is 1.69. The number of aliphatic hydroxyl groups is 1. The van der Waals surface area contributed by atoms with Crippen LogP contribution < -0.4 is 4.90 Å². The summed E-state index contributed by atoms with van der Waals surface area (Å²) >= 11 is 0. The predicted octanol–water partition coefficient (Wildman–Crippen LogP) is 3.44. The fourth-order valence-electron chi connectivity index (χ4n) is 1.98. The Kier molecular flexibility index (Phi) is 4.35.